The highest BCUT2D eigenvalue weighted by Crippen LogP contribution is 2.30. The van der Waals surface area contributed by atoms with E-state index >= 15 is 0 Å². The third kappa shape index (κ3) is 3.74. The Morgan fingerprint density at radius 1 is 1.25 bits per heavy atom. The summed E-state index contributed by atoms with van der Waals surface area (Å²) in [5.74, 6) is 0.636. The second-order valence-corrected chi connectivity index (χ2v) is 5.92. The SMILES string of the molecule is COCCNC(=O)c1oc2ccccc2c1CSc1ncccn1. The molecule has 0 atom stereocenters. The lowest BCUT2D eigenvalue weighted by Crippen LogP contribution is -2.27. The van der Waals surface area contributed by atoms with E-state index in [0.29, 0.717) is 35.4 Å². The van der Waals surface area contributed by atoms with Crippen molar-refractivity contribution in [2.75, 3.05) is 20.3 Å². The van der Waals surface area contributed by atoms with Crippen LogP contribution in [0.2, 0.25) is 0 Å². The third-order valence-electron chi connectivity index (χ3n) is 3.38. The molecule has 0 radical (unpaired) electrons. The van der Waals surface area contributed by atoms with Crippen molar-refractivity contribution in [3.63, 3.8) is 0 Å². The Morgan fingerprint density at radius 2 is 2.04 bits per heavy atom. The van der Waals surface area contributed by atoms with Crippen LogP contribution in [0.1, 0.15) is 16.1 Å². The molecule has 1 N–H and O–H groups in total. The molecule has 1 aromatic carbocycles. The number of amides is 1. The van der Waals surface area contributed by atoms with Crippen LogP contribution in [-0.2, 0) is 10.5 Å². The van der Waals surface area contributed by atoms with Gasteiger partial charge < -0.3 is 14.5 Å². The van der Waals surface area contributed by atoms with E-state index in [1.807, 2.05) is 24.3 Å². The van der Waals surface area contributed by atoms with Crippen LogP contribution in [0.15, 0.2) is 52.3 Å². The summed E-state index contributed by atoms with van der Waals surface area (Å²) in [5.41, 5.74) is 1.54. The summed E-state index contributed by atoms with van der Waals surface area (Å²) in [6, 6.07) is 9.39. The lowest BCUT2D eigenvalue weighted by molar-refractivity contribution is 0.0910. The van der Waals surface area contributed by atoms with Crippen molar-refractivity contribution in [3.8, 4) is 0 Å². The third-order valence-corrected chi connectivity index (χ3v) is 4.29. The Balaban J connectivity index is 1.86. The minimum absolute atomic E-state index is 0.243. The van der Waals surface area contributed by atoms with Gasteiger partial charge in [0.2, 0.25) is 0 Å². The molecule has 0 aliphatic carbocycles. The van der Waals surface area contributed by atoms with Crippen molar-refractivity contribution in [1.29, 1.82) is 0 Å². The molecule has 2 aromatic heterocycles. The molecular formula is C17H17N3O3S. The van der Waals surface area contributed by atoms with Crippen molar-refractivity contribution < 1.29 is 13.9 Å². The van der Waals surface area contributed by atoms with Gasteiger partial charge in [-0.3, -0.25) is 4.79 Å². The smallest absolute Gasteiger partial charge is 0.287 e. The summed E-state index contributed by atoms with van der Waals surface area (Å²) >= 11 is 1.47. The van der Waals surface area contributed by atoms with Gasteiger partial charge >= 0.3 is 0 Å². The summed E-state index contributed by atoms with van der Waals surface area (Å²) in [4.78, 5) is 20.8. The lowest BCUT2D eigenvalue weighted by Gasteiger charge is -2.04. The number of nitrogens with zero attached hydrogens (tertiary/aromatic N) is 2. The minimum atomic E-state index is -0.243. The van der Waals surface area contributed by atoms with Crippen LogP contribution in [0.4, 0.5) is 0 Å². The van der Waals surface area contributed by atoms with Crippen LogP contribution in [0, 0.1) is 0 Å². The normalized spacial score (nSPS) is 10.9. The summed E-state index contributed by atoms with van der Waals surface area (Å²) in [6.45, 7) is 0.884. The summed E-state index contributed by atoms with van der Waals surface area (Å²) < 4.78 is 10.7. The molecule has 24 heavy (non-hydrogen) atoms. The number of nitrogens with one attached hydrogen (secondary N) is 1. The first kappa shape index (κ1) is 16.5. The van der Waals surface area contributed by atoms with Gasteiger partial charge in [-0.15, -0.1) is 0 Å². The first-order valence-electron chi connectivity index (χ1n) is 7.47. The predicted molar refractivity (Wildman–Crippen MR) is 92.0 cm³/mol. The number of rotatable bonds is 7. The zero-order chi connectivity index (χ0) is 16.8. The molecule has 7 heteroatoms. The highest BCUT2D eigenvalue weighted by atomic mass is 32.2. The molecule has 0 unspecified atom stereocenters. The Kier molecular flexibility index (Phi) is 5.45. The van der Waals surface area contributed by atoms with Crippen LogP contribution in [0.25, 0.3) is 11.0 Å². The quantitative estimate of drug-likeness (QED) is 0.404. The molecule has 0 bridgehead atoms. The number of carbonyl (C=O) groups is 1. The van der Waals surface area contributed by atoms with Gasteiger partial charge in [-0.2, -0.15) is 0 Å². The van der Waals surface area contributed by atoms with Crippen molar-refractivity contribution in [2.24, 2.45) is 0 Å². The van der Waals surface area contributed by atoms with E-state index in [1.54, 1.807) is 25.6 Å². The van der Waals surface area contributed by atoms with Gasteiger partial charge in [-0.25, -0.2) is 9.97 Å². The van der Waals surface area contributed by atoms with E-state index in [2.05, 4.69) is 15.3 Å². The average molecular weight is 343 g/mol. The topological polar surface area (TPSA) is 77.2 Å². The number of furan rings is 1. The van der Waals surface area contributed by atoms with E-state index < -0.39 is 0 Å². The summed E-state index contributed by atoms with van der Waals surface area (Å²) in [5, 5.41) is 4.39. The van der Waals surface area contributed by atoms with Crippen molar-refractivity contribution >= 4 is 28.6 Å². The van der Waals surface area contributed by atoms with Gasteiger partial charge in [0.05, 0.1) is 6.61 Å². The number of hydrogen-bond donors (Lipinski definition) is 1. The van der Waals surface area contributed by atoms with Gasteiger partial charge in [0.1, 0.15) is 5.58 Å². The fraction of sp³-hybridized carbons (Fsp3) is 0.235. The van der Waals surface area contributed by atoms with Crippen LogP contribution in [0.3, 0.4) is 0 Å². The number of ether oxygens (including phenoxy) is 1. The molecule has 0 saturated carbocycles. The Hall–Kier alpha value is -2.38. The molecule has 3 rings (SSSR count). The Bertz CT molecular complexity index is 820. The average Bonchev–Trinajstić information content (AvgIpc) is 3.00. The van der Waals surface area contributed by atoms with Gasteiger partial charge in [0.25, 0.3) is 5.91 Å². The van der Waals surface area contributed by atoms with E-state index in [0.717, 1.165) is 10.9 Å². The first-order valence-corrected chi connectivity index (χ1v) is 8.45. The molecular weight excluding hydrogens is 326 g/mol. The number of benzene rings is 1. The van der Waals surface area contributed by atoms with Crippen molar-refractivity contribution in [2.45, 2.75) is 10.9 Å². The Labute approximate surface area is 143 Å². The summed E-state index contributed by atoms with van der Waals surface area (Å²) in [6.07, 6.45) is 3.39. The number of carbonyl (C=O) groups excluding carboxylic acids is 1. The summed E-state index contributed by atoms with van der Waals surface area (Å²) in [7, 11) is 1.59. The number of fused-ring (bicyclic) bond motifs is 1. The molecule has 2 heterocycles. The second-order valence-electron chi connectivity index (χ2n) is 4.97. The minimum Gasteiger partial charge on any atom is -0.451 e. The molecule has 3 aromatic rings. The van der Waals surface area contributed by atoms with Crippen LogP contribution >= 0.6 is 11.8 Å². The van der Waals surface area contributed by atoms with Crippen LogP contribution < -0.4 is 5.32 Å². The monoisotopic (exact) mass is 343 g/mol. The zero-order valence-corrected chi connectivity index (χ0v) is 14.0. The Morgan fingerprint density at radius 3 is 2.83 bits per heavy atom. The van der Waals surface area contributed by atoms with Gasteiger partial charge in [0, 0.05) is 42.8 Å². The highest BCUT2D eigenvalue weighted by molar-refractivity contribution is 7.98. The molecule has 0 saturated heterocycles. The maximum atomic E-state index is 12.4. The van der Waals surface area contributed by atoms with E-state index in [-0.39, 0.29) is 5.91 Å². The predicted octanol–water partition coefficient (Wildman–Crippen LogP) is 2.89. The van der Waals surface area contributed by atoms with Crippen molar-refractivity contribution in [1.82, 2.24) is 15.3 Å². The number of para-hydroxylation sites is 1. The van der Waals surface area contributed by atoms with Gasteiger partial charge in [0.15, 0.2) is 10.9 Å². The number of aromatic nitrogens is 2. The maximum Gasteiger partial charge on any atom is 0.287 e. The number of methoxy groups -OCH3 is 1. The van der Waals surface area contributed by atoms with Gasteiger partial charge in [-0.05, 0) is 12.1 Å². The zero-order valence-electron chi connectivity index (χ0n) is 13.2. The standard InChI is InChI=1S/C17H17N3O3S/c1-22-10-9-18-16(21)15-13(11-24-17-19-7-4-8-20-17)12-5-2-3-6-14(12)23-15/h2-8H,9-11H2,1H3,(H,18,21). The molecule has 0 fully saturated rings. The number of thioether (sulfide) groups is 1. The second kappa shape index (κ2) is 7.94. The fourth-order valence-electron chi connectivity index (χ4n) is 2.27. The molecule has 0 spiro atoms. The van der Waals surface area contributed by atoms with Crippen LogP contribution in [-0.4, -0.2) is 36.1 Å². The van der Waals surface area contributed by atoms with Crippen molar-refractivity contribution in [3.05, 3.63) is 54.0 Å². The highest BCUT2D eigenvalue weighted by Gasteiger charge is 2.20. The molecule has 124 valence electrons. The molecule has 0 aliphatic rings. The van der Waals surface area contributed by atoms with E-state index in [9.17, 15) is 4.79 Å². The lowest BCUT2D eigenvalue weighted by atomic mass is 10.1. The van der Waals surface area contributed by atoms with E-state index in [4.69, 9.17) is 9.15 Å². The fourth-order valence-corrected chi connectivity index (χ4v) is 3.10. The maximum absolute atomic E-state index is 12.4. The first-order chi connectivity index (χ1) is 11.8. The molecule has 0 aliphatic heterocycles. The number of hydrogen-bond acceptors (Lipinski definition) is 6. The van der Waals surface area contributed by atoms with E-state index in [1.165, 1.54) is 11.8 Å². The van der Waals surface area contributed by atoms with Gasteiger partial charge in [-0.1, -0.05) is 30.0 Å². The molecule has 1 amide bonds. The van der Waals surface area contributed by atoms with Crippen LogP contribution in [0.5, 0.6) is 0 Å². The largest absolute Gasteiger partial charge is 0.451 e. The molecule has 6 nitrogen and oxygen atoms in total.